The van der Waals surface area contributed by atoms with E-state index in [-0.39, 0.29) is 31.3 Å². The second-order valence-corrected chi connectivity index (χ2v) is 8.68. The van der Waals surface area contributed by atoms with Crippen molar-refractivity contribution in [2.75, 3.05) is 6.61 Å². The molecule has 1 saturated carbocycles. The van der Waals surface area contributed by atoms with Gasteiger partial charge in [-0.15, -0.1) is 0 Å². The normalized spacial score (nSPS) is 16.4. The molecule has 0 radical (unpaired) electrons. The molecule has 2 aliphatic rings. The highest BCUT2D eigenvalue weighted by molar-refractivity contribution is 5.81. The average molecular weight is 437 g/mol. The van der Waals surface area contributed by atoms with Crippen molar-refractivity contribution in [1.29, 1.82) is 0 Å². The Bertz CT molecular complexity index is 985. The Morgan fingerprint density at radius 3 is 2.19 bits per heavy atom. The zero-order valence-corrected chi connectivity index (χ0v) is 18.1. The molecule has 2 amide bonds. The molecule has 1 fully saturated rings. The van der Waals surface area contributed by atoms with E-state index in [1.54, 1.807) is 0 Å². The molecule has 168 valence electrons. The van der Waals surface area contributed by atoms with E-state index in [2.05, 4.69) is 34.9 Å². The number of alkyl carbamates (subject to hydrolysis) is 1. The number of aliphatic carboxylic acids is 1. The van der Waals surface area contributed by atoms with E-state index in [0.717, 1.165) is 11.1 Å². The van der Waals surface area contributed by atoms with Crippen LogP contribution in [0.1, 0.15) is 56.1 Å². The number of carbonyl (C=O) groups is 3. The number of carboxylic acid groups (broad SMARTS) is 1. The summed E-state index contributed by atoms with van der Waals surface area (Å²) in [4.78, 5) is 35.8. The van der Waals surface area contributed by atoms with Crippen LogP contribution in [0.4, 0.5) is 4.79 Å². The van der Waals surface area contributed by atoms with Crippen LogP contribution in [0, 0.1) is 0 Å². The van der Waals surface area contributed by atoms with Crippen molar-refractivity contribution in [2.24, 2.45) is 0 Å². The second kappa shape index (κ2) is 9.02. The molecule has 0 saturated heterocycles. The van der Waals surface area contributed by atoms with Crippen LogP contribution in [-0.2, 0) is 14.3 Å². The maximum atomic E-state index is 12.5. The molecule has 2 aromatic rings. The largest absolute Gasteiger partial charge is 0.481 e. The summed E-state index contributed by atoms with van der Waals surface area (Å²) in [7, 11) is 0. The Morgan fingerprint density at radius 2 is 1.66 bits per heavy atom. The summed E-state index contributed by atoms with van der Waals surface area (Å²) in [6.45, 7) is 2.05. The van der Waals surface area contributed by atoms with E-state index in [0.29, 0.717) is 19.3 Å². The number of hydrogen-bond donors (Lipinski definition) is 3. The summed E-state index contributed by atoms with van der Waals surface area (Å²) in [5.41, 5.74) is 4.02. The Morgan fingerprint density at radius 1 is 1.06 bits per heavy atom. The predicted molar refractivity (Wildman–Crippen MR) is 119 cm³/mol. The number of fused-ring (bicyclic) bond motifs is 3. The molecule has 3 N–H and O–H groups in total. The van der Waals surface area contributed by atoms with Crippen LogP contribution in [0.3, 0.4) is 0 Å². The topological polar surface area (TPSA) is 105 Å². The molecular formula is C25H28N2O5. The zero-order chi connectivity index (χ0) is 22.7. The minimum absolute atomic E-state index is 0.0204. The third kappa shape index (κ3) is 4.77. The maximum absolute atomic E-state index is 12.5. The molecule has 0 spiro atoms. The molecule has 0 unspecified atom stereocenters. The van der Waals surface area contributed by atoms with Gasteiger partial charge in [-0.2, -0.15) is 0 Å². The van der Waals surface area contributed by atoms with Crippen LogP contribution in [0.25, 0.3) is 11.1 Å². The van der Waals surface area contributed by atoms with Crippen molar-refractivity contribution in [3.63, 3.8) is 0 Å². The fourth-order valence-electron chi connectivity index (χ4n) is 4.44. The summed E-state index contributed by atoms with van der Waals surface area (Å²) < 4.78 is 5.59. The Balaban J connectivity index is 1.33. The van der Waals surface area contributed by atoms with Gasteiger partial charge in [0.25, 0.3) is 0 Å². The average Bonchev–Trinajstić information content (AvgIpc) is 3.43. The van der Waals surface area contributed by atoms with Crippen molar-refractivity contribution in [2.45, 2.75) is 56.5 Å². The highest BCUT2D eigenvalue weighted by Crippen LogP contribution is 2.44. The SMILES string of the molecule is CC[C@H](CC(=O)O)NC(=O)CC1(NC(=O)OCC2c3ccccc3-c3ccccc32)CC1. The lowest BCUT2D eigenvalue weighted by Crippen LogP contribution is -2.44. The van der Waals surface area contributed by atoms with Gasteiger partial charge in [-0.25, -0.2) is 4.79 Å². The highest BCUT2D eigenvalue weighted by atomic mass is 16.5. The van der Waals surface area contributed by atoms with E-state index in [9.17, 15) is 14.4 Å². The molecule has 7 nitrogen and oxygen atoms in total. The third-order valence-electron chi connectivity index (χ3n) is 6.34. The van der Waals surface area contributed by atoms with E-state index in [1.807, 2.05) is 31.2 Å². The van der Waals surface area contributed by atoms with Crippen LogP contribution in [-0.4, -0.2) is 41.3 Å². The Labute approximate surface area is 187 Å². The molecule has 1 atom stereocenters. The standard InChI is InChI=1S/C25H28N2O5/c1-2-16(13-23(29)30)26-22(28)14-25(11-12-25)27-24(31)32-15-21-19-9-5-3-7-17(19)18-8-4-6-10-20(18)21/h3-10,16,21H,2,11-15H2,1H3,(H,26,28)(H,27,31)(H,29,30)/t16-/m1/s1. The molecular weight excluding hydrogens is 408 g/mol. The van der Waals surface area contributed by atoms with E-state index in [1.165, 1.54) is 11.1 Å². The van der Waals surface area contributed by atoms with E-state index < -0.39 is 23.6 Å². The monoisotopic (exact) mass is 436 g/mol. The highest BCUT2D eigenvalue weighted by Gasteiger charge is 2.46. The zero-order valence-electron chi connectivity index (χ0n) is 18.1. The number of carbonyl (C=O) groups excluding carboxylic acids is 2. The van der Waals surface area contributed by atoms with Crippen LogP contribution >= 0.6 is 0 Å². The third-order valence-corrected chi connectivity index (χ3v) is 6.34. The first-order valence-electron chi connectivity index (χ1n) is 11.0. The summed E-state index contributed by atoms with van der Waals surface area (Å²) in [6, 6.07) is 15.9. The van der Waals surface area contributed by atoms with Gasteiger partial charge in [0.1, 0.15) is 6.61 Å². The van der Waals surface area contributed by atoms with Crippen molar-refractivity contribution in [3.05, 3.63) is 59.7 Å². The molecule has 2 aromatic carbocycles. The van der Waals surface area contributed by atoms with Gasteiger partial charge in [0.15, 0.2) is 0 Å². The fourth-order valence-corrected chi connectivity index (χ4v) is 4.44. The molecule has 4 rings (SSSR count). The molecule has 0 bridgehead atoms. The number of carboxylic acids is 1. The summed E-state index contributed by atoms with van der Waals surface area (Å²) in [5.74, 6) is -1.22. The van der Waals surface area contributed by atoms with Gasteiger partial charge in [-0.3, -0.25) is 9.59 Å². The van der Waals surface area contributed by atoms with Crippen molar-refractivity contribution < 1.29 is 24.2 Å². The van der Waals surface area contributed by atoms with Gasteiger partial charge in [0.2, 0.25) is 5.91 Å². The molecule has 0 aliphatic heterocycles. The summed E-state index contributed by atoms with van der Waals surface area (Å²) in [5, 5.41) is 14.6. The van der Waals surface area contributed by atoms with Gasteiger partial charge in [-0.1, -0.05) is 55.5 Å². The summed E-state index contributed by atoms with van der Waals surface area (Å²) >= 11 is 0. The number of ether oxygens (including phenoxy) is 1. The van der Waals surface area contributed by atoms with Gasteiger partial charge < -0.3 is 20.5 Å². The molecule has 7 heteroatoms. The summed E-state index contributed by atoms with van der Waals surface area (Å²) in [6.07, 6.45) is 1.39. The Hall–Kier alpha value is -3.35. The first-order chi connectivity index (χ1) is 15.4. The minimum Gasteiger partial charge on any atom is -0.481 e. The lowest BCUT2D eigenvalue weighted by molar-refractivity contribution is -0.137. The maximum Gasteiger partial charge on any atom is 0.407 e. The predicted octanol–water partition coefficient (Wildman–Crippen LogP) is 3.82. The van der Waals surface area contributed by atoms with Gasteiger partial charge in [0.05, 0.1) is 12.0 Å². The number of benzene rings is 2. The van der Waals surface area contributed by atoms with Gasteiger partial charge in [-0.05, 0) is 41.5 Å². The van der Waals surface area contributed by atoms with Gasteiger partial charge >= 0.3 is 12.1 Å². The van der Waals surface area contributed by atoms with Crippen LogP contribution in [0.2, 0.25) is 0 Å². The molecule has 32 heavy (non-hydrogen) atoms. The number of rotatable bonds is 9. The lowest BCUT2D eigenvalue weighted by atomic mass is 9.98. The molecule has 2 aliphatic carbocycles. The quantitative estimate of drug-likeness (QED) is 0.554. The van der Waals surface area contributed by atoms with E-state index in [4.69, 9.17) is 9.84 Å². The van der Waals surface area contributed by atoms with Crippen molar-refractivity contribution in [1.82, 2.24) is 10.6 Å². The molecule has 0 heterocycles. The number of amides is 2. The number of nitrogens with one attached hydrogen (secondary N) is 2. The molecule has 0 aromatic heterocycles. The van der Waals surface area contributed by atoms with Crippen LogP contribution < -0.4 is 10.6 Å². The van der Waals surface area contributed by atoms with Crippen molar-refractivity contribution >= 4 is 18.0 Å². The first kappa shape index (κ1) is 21.9. The van der Waals surface area contributed by atoms with Crippen molar-refractivity contribution in [3.8, 4) is 11.1 Å². The minimum atomic E-state index is -0.949. The smallest absolute Gasteiger partial charge is 0.407 e. The fraction of sp³-hybridized carbons (Fsp3) is 0.400. The van der Waals surface area contributed by atoms with Crippen LogP contribution in [0.5, 0.6) is 0 Å². The van der Waals surface area contributed by atoms with E-state index >= 15 is 0 Å². The second-order valence-electron chi connectivity index (χ2n) is 8.68. The Kier molecular flexibility index (Phi) is 6.17. The number of hydrogen-bond acceptors (Lipinski definition) is 4. The first-order valence-corrected chi connectivity index (χ1v) is 11.0. The van der Waals surface area contributed by atoms with Gasteiger partial charge in [0, 0.05) is 18.4 Å². The lowest BCUT2D eigenvalue weighted by Gasteiger charge is -2.21. The van der Waals surface area contributed by atoms with Crippen LogP contribution in [0.15, 0.2) is 48.5 Å².